The van der Waals surface area contributed by atoms with Crippen LogP contribution in [0, 0.1) is 87.4 Å². The normalized spacial score (nSPS) is 14.4. The molecule has 24 heteroatoms. The van der Waals surface area contributed by atoms with E-state index < -0.39 is 148 Å². The molecule has 0 aromatic heterocycles. The second-order valence-electron chi connectivity index (χ2n) is 33.9. The molecule has 5 nitrogen and oxygen atoms in total. The lowest BCUT2D eigenvalue weighted by molar-refractivity contribution is 0.387. The molecular formula is C114H100F14O5S5. The van der Waals surface area contributed by atoms with E-state index in [2.05, 4.69) is 0 Å². The van der Waals surface area contributed by atoms with Crippen LogP contribution in [0.1, 0.15) is 168 Å². The van der Waals surface area contributed by atoms with E-state index in [1.807, 2.05) is 51.1 Å². The molecule has 15 aromatic rings. The number of benzene rings is 15. The number of halogens is 14. The maximum Gasteiger partial charge on any atom is 0.123 e. The summed E-state index contributed by atoms with van der Waals surface area (Å²) in [6, 6.07) is 91.3. The van der Waals surface area contributed by atoms with Crippen molar-refractivity contribution in [2.75, 3.05) is 17.8 Å². The van der Waals surface area contributed by atoms with Gasteiger partial charge in [-0.2, -0.15) is 0 Å². The van der Waals surface area contributed by atoms with Crippen molar-refractivity contribution >= 4 is 54.0 Å². The highest BCUT2D eigenvalue weighted by atomic mass is 32.2. The Morgan fingerprint density at radius 1 is 0.232 bits per heavy atom. The summed E-state index contributed by atoms with van der Waals surface area (Å²) in [5.41, 5.74) is 9.62. The Kier molecular flexibility index (Phi) is 35.3. The molecule has 0 heterocycles. The van der Waals surface area contributed by atoms with Gasteiger partial charge in [0.2, 0.25) is 0 Å². The van der Waals surface area contributed by atoms with Crippen LogP contribution < -0.4 is 0 Å². The number of hydrogen-bond donors (Lipinski definition) is 0. The predicted molar refractivity (Wildman–Crippen MR) is 526 cm³/mol. The first-order chi connectivity index (χ1) is 66.4. The molecule has 5 atom stereocenters. The third kappa shape index (κ3) is 23.0. The summed E-state index contributed by atoms with van der Waals surface area (Å²) < 4.78 is 253. The van der Waals surface area contributed by atoms with Gasteiger partial charge in [0.25, 0.3) is 0 Å². The van der Waals surface area contributed by atoms with Crippen molar-refractivity contribution in [2.45, 2.75) is 119 Å². The van der Waals surface area contributed by atoms with E-state index in [4.69, 9.17) is 0 Å². The zero-order valence-corrected chi connectivity index (χ0v) is 79.9. The highest BCUT2D eigenvalue weighted by molar-refractivity contribution is 7.88. The van der Waals surface area contributed by atoms with Crippen LogP contribution >= 0.6 is 0 Å². The van der Waals surface area contributed by atoms with Crippen LogP contribution in [0.3, 0.4) is 0 Å². The van der Waals surface area contributed by atoms with Crippen LogP contribution in [0.4, 0.5) is 61.5 Å². The lowest BCUT2D eigenvalue weighted by Crippen LogP contribution is -2.40. The van der Waals surface area contributed by atoms with Gasteiger partial charge in [-0.15, -0.1) is 0 Å². The number of rotatable bonds is 25. The maximum atomic E-state index is 14.3. The predicted octanol–water partition coefficient (Wildman–Crippen LogP) is 28.6. The smallest absolute Gasteiger partial charge is 0.123 e. The first-order valence-electron chi connectivity index (χ1n) is 45.0. The zero-order chi connectivity index (χ0) is 98.5. The molecule has 0 N–H and O–H groups in total. The Bertz CT molecular complexity index is 6100. The lowest BCUT2D eigenvalue weighted by atomic mass is 9.84. The molecule has 0 spiro atoms. The molecule has 2 saturated carbocycles. The summed E-state index contributed by atoms with van der Waals surface area (Å²) >= 11 is 0. The van der Waals surface area contributed by atoms with Gasteiger partial charge >= 0.3 is 0 Å². The Morgan fingerprint density at radius 2 is 0.413 bits per heavy atom. The summed E-state index contributed by atoms with van der Waals surface area (Å²) in [6.45, 7) is 5.49. The molecule has 15 aromatic carbocycles. The fourth-order valence-electron chi connectivity index (χ4n) is 18.5. The van der Waals surface area contributed by atoms with Crippen molar-refractivity contribution in [3.05, 3.63) is 535 Å². The van der Waals surface area contributed by atoms with Crippen molar-refractivity contribution < 1.29 is 82.5 Å². The highest BCUT2D eigenvalue weighted by Gasteiger charge is 2.49. The molecule has 2 fully saturated rings. The SMILES string of the molecule is CC(C)S(=O)C(c1ccc(F)cc1)(c1ccc(F)cc1)c1ccc(F)cc1.CCS(=O)C(c1ccccc1)(c1ccc(F)cc1)c1ccc(F)cc1.CS(=O)C(c1ccc(F)cc1)(c1ccc(F)cc1)c1ccc(F)cc1.O=S(C1CCCCC1)C(c1ccc(F)cc1)(c1ccc(F)cc1)c1ccc(F)cc1.O=S(CC1CCCCC1)C(c1ccc(F)cc1)(c1ccc(F)cc1)c1ccc(F)cc1. The van der Waals surface area contributed by atoms with E-state index in [0.29, 0.717) is 95.3 Å². The van der Waals surface area contributed by atoms with Gasteiger partial charge in [-0.3, -0.25) is 21.0 Å². The molecule has 0 radical (unpaired) electrons. The van der Waals surface area contributed by atoms with Crippen molar-refractivity contribution in [1.82, 2.24) is 0 Å². The zero-order valence-electron chi connectivity index (χ0n) is 75.8. The largest absolute Gasteiger partial charge is 0.258 e. The third-order valence-corrected chi connectivity index (χ3v) is 35.3. The first kappa shape index (κ1) is 103. The third-order valence-electron chi connectivity index (χ3n) is 25.1. The molecule has 17 rings (SSSR count). The molecule has 138 heavy (non-hydrogen) atoms. The summed E-state index contributed by atoms with van der Waals surface area (Å²) in [4.78, 5) is 0. The molecule has 714 valence electrons. The Hall–Kier alpha value is -11.9. The summed E-state index contributed by atoms with van der Waals surface area (Å²) in [7, 11) is -7.24. The van der Waals surface area contributed by atoms with Crippen LogP contribution in [0.15, 0.2) is 370 Å². The molecule has 2 aliphatic carbocycles. The molecule has 5 unspecified atom stereocenters. The van der Waals surface area contributed by atoms with E-state index in [1.165, 1.54) is 183 Å². The van der Waals surface area contributed by atoms with Crippen LogP contribution in [-0.2, 0) is 77.7 Å². The van der Waals surface area contributed by atoms with E-state index >= 15 is 0 Å². The number of hydrogen-bond acceptors (Lipinski definition) is 5. The van der Waals surface area contributed by atoms with Gasteiger partial charge in [0.1, 0.15) is 105 Å². The molecule has 0 bridgehead atoms. The van der Waals surface area contributed by atoms with Gasteiger partial charge in [0, 0.05) is 82.3 Å². The van der Waals surface area contributed by atoms with Gasteiger partial charge in [0.15, 0.2) is 0 Å². The molecule has 0 amide bonds. The first-order valence-corrected chi connectivity index (χ1v) is 51.6. The van der Waals surface area contributed by atoms with Crippen molar-refractivity contribution in [3.63, 3.8) is 0 Å². The van der Waals surface area contributed by atoms with E-state index in [1.54, 1.807) is 170 Å². The maximum absolute atomic E-state index is 14.3. The average Bonchev–Trinajstić information content (AvgIpc) is 0.746. The summed E-state index contributed by atoms with van der Waals surface area (Å²) in [5, 5.41) is -0.316. The Balaban J connectivity index is 0.000000146. The van der Waals surface area contributed by atoms with Crippen LogP contribution in [0.5, 0.6) is 0 Å². The van der Waals surface area contributed by atoms with E-state index in [-0.39, 0.29) is 22.1 Å². The van der Waals surface area contributed by atoms with Gasteiger partial charge in [0.05, 0.1) is 0 Å². The average molecular weight is 1980 g/mol. The van der Waals surface area contributed by atoms with Crippen molar-refractivity contribution in [2.24, 2.45) is 5.92 Å². The Labute approximate surface area is 808 Å². The van der Waals surface area contributed by atoms with Gasteiger partial charge in [-0.1, -0.05) is 259 Å². The van der Waals surface area contributed by atoms with Crippen molar-refractivity contribution in [1.29, 1.82) is 0 Å². The highest BCUT2D eigenvalue weighted by Crippen LogP contribution is 2.51. The van der Waals surface area contributed by atoms with Crippen LogP contribution in [0.25, 0.3) is 0 Å². The molecular weight excluding hydrogens is 1880 g/mol. The van der Waals surface area contributed by atoms with Gasteiger partial charge in [-0.05, 0) is 285 Å². The standard InChI is InChI=1S/C26H25F3OS.C25H23F3OS.C22H19F3OS.C21H18F2OS.C20H15F3OS/c27-23-12-6-20(7-13-23)26(21-8-14-24(28)15-9-21,22-10-16-25(29)17-11-22)31(30)18-19-4-2-1-3-5-19;26-21-12-6-18(7-13-21)25(19-8-14-22(27)15-9-19,20-10-16-23(28)17-11-20)30(29)24-4-2-1-3-5-24;1-15(2)27(26)22(16-3-9-19(23)10-4-16,17-5-11-20(24)12-6-17)18-7-13-21(25)14-8-18;1-2-25(24)21(16-6-4-3-5-7-16,17-8-12-19(22)13-9-17)18-10-14-20(23)15-11-18;1-25(24)20(14-2-8-17(21)9-3-14,15-4-10-18(22)11-5-15)16-6-12-19(23)13-7-16/h6-17,19H,1-5,18H2;6-17,24H,1-5H2;3-15H,1-2H3;3-15H,2H2,1H3;2-13H,1H3. The quantitative estimate of drug-likeness (QED) is 0.0420. The van der Waals surface area contributed by atoms with Crippen LogP contribution in [-0.4, -0.2) is 49.3 Å². The monoisotopic (exact) mass is 1970 g/mol. The second-order valence-corrected chi connectivity index (χ2v) is 42.9. The van der Waals surface area contributed by atoms with Gasteiger partial charge in [-0.25, -0.2) is 61.5 Å². The van der Waals surface area contributed by atoms with Crippen molar-refractivity contribution in [3.8, 4) is 0 Å². The molecule has 0 saturated heterocycles. The fourth-order valence-corrected chi connectivity index (χ4v) is 28.0. The Morgan fingerprint density at radius 3 is 0.616 bits per heavy atom. The molecule has 2 aliphatic rings. The van der Waals surface area contributed by atoms with Crippen LogP contribution in [0.2, 0.25) is 0 Å². The minimum atomic E-state index is -1.51. The summed E-state index contributed by atoms with van der Waals surface area (Å²) in [5.74, 6) is -4.36. The lowest BCUT2D eigenvalue weighted by Gasteiger charge is -2.39. The van der Waals surface area contributed by atoms with Gasteiger partial charge < -0.3 is 0 Å². The fraction of sp³-hybridized carbons (Fsp3) is 0.211. The summed E-state index contributed by atoms with van der Waals surface area (Å²) in [6.07, 6.45) is 11.8. The molecule has 0 aliphatic heterocycles. The minimum Gasteiger partial charge on any atom is -0.258 e. The minimum absolute atomic E-state index is 0.0566. The second kappa shape index (κ2) is 47.2. The van der Waals surface area contributed by atoms with E-state index in [0.717, 1.165) is 63.4 Å². The van der Waals surface area contributed by atoms with E-state index in [9.17, 15) is 82.5 Å². The topological polar surface area (TPSA) is 85.3 Å².